The zero-order valence-electron chi connectivity index (χ0n) is 11.4. The largest absolute Gasteiger partial charge is 0.461 e. The summed E-state index contributed by atoms with van der Waals surface area (Å²) >= 11 is 0. The number of carbonyl (C=O) groups excluding carboxylic acids is 1. The Balaban J connectivity index is 1.86. The van der Waals surface area contributed by atoms with Gasteiger partial charge in [-0.1, -0.05) is 18.6 Å². The molecule has 0 saturated heterocycles. The van der Waals surface area contributed by atoms with Crippen LogP contribution >= 0.6 is 0 Å². The SMILES string of the molecule is CCC1CCCCC1OC(=O)Cn1cc(CN)nn1. The van der Waals surface area contributed by atoms with E-state index in [9.17, 15) is 4.79 Å². The molecular weight excluding hydrogens is 244 g/mol. The number of aromatic nitrogens is 3. The van der Waals surface area contributed by atoms with E-state index < -0.39 is 0 Å². The first-order valence-corrected chi connectivity index (χ1v) is 7.01. The molecule has 2 rings (SSSR count). The number of ether oxygens (including phenoxy) is 1. The van der Waals surface area contributed by atoms with Crippen molar-refractivity contribution in [2.45, 2.75) is 58.2 Å². The lowest BCUT2D eigenvalue weighted by molar-refractivity contribution is -0.154. The van der Waals surface area contributed by atoms with Crippen LogP contribution in [0.25, 0.3) is 0 Å². The van der Waals surface area contributed by atoms with Crippen LogP contribution < -0.4 is 5.73 Å². The highest BCUT2D eigenvalue weighted by Gasteiger charge is 2.26. The van der Waals surface area contributed by atoms with Crippen LogP contribution in [0.5, 0.6) is 0 Å². The minimum Gasteiger partial charge on any atom is -0.461 e. The lowest BCUT2D eigenvalue weighted by Crippen LogP contribution is -2.31. The second-order valence-corrected chi connectivity index (χ2v) is 5.09. The smallest absolute Gasteiger partial charge is 0.328 e. The third-order valence-corrected chi connectivity index (χ3v) is 3.73. The van der Waals surface area contributed by atoms with Crippen molar-refractivity contribution >= 4 is 5.97 Å². The van der Waals surface area contributed by atoms with E-state index in [0.717, 1.165) is 25.7 Å². The van der Waals surface area contributed by atoms with E-state index >= 15 is 0 Å². The summed E-state index contributed by atoms with van der Waals surface area (Å²) in [4.78, 5) is 11.9. The van der Waals surface area contributed by atoms with Crippen LogP contribution in [0.3, 0.4) is 0 Å². The maximum atomic E-state index is 11.9. The number of hydrogen-bond donors (Lipinski definition) is 1. The zero-order valence-corrected chi connectivity index (χ0v) is 11.4. The Hall–Kier alpha value is -1.43. The van der Waals surface area contributed by atoms with Crippen molar-refractivity contribution in [3.63, 3.8) is 0 Å². The van der Waals surface area contributed by atoms with E-state index in [4.69, 9.17) is 10.5 Å². The summed E-state index contributed by atoms with van der Waals surface area (Å²) in [5, 5.41) is 7.69. The number of hydrogen-bond acceptors (Lipinski definition) is 5. The van der Waals surface area contributed by atoms with Crippen LogP contribution in [0.4, 0.5) is 0 Å². The normalized spacial score (nSPS) is 23.3. The van der Waals surface area contributed by atoms with E-state index in [0.29, 0.717) is 18.2 Å². The van der Waals surface area contributed by atoms with E-state index in [-0.39, 0.29) is 18.6 Å². The summed E-state index contributed by atoms with van der Waals surface area (Å²) in [6.07, 6.45) is 7.36. The Bertz CT molecular complexity index is 419. The fourth-order valence-corrected chi connectivity index (χ4v) is 2.64. The Morgan fingerprint density at radius 2 is 2.32 bits per heavy atom. The fourth-order valence-electron chi connectivity index (χ4n) is 2.64. The van der Waals surface area contributed by atoms with Gasteiger partial charge in [0.1, 0.15) is 12.6 Å². The van der Waals surface area contributed by atoms with E-state index in [1.807, 2.05) is 0 Å². The molecule has 1 aliphatic carbocycles. The standard InChI is InChI=1S/C13H22N4O2/c1-2-10-5-3-4-6-12(10)19-13(18)9-17-8-11(7-14)15-16-17/h8,10,12H,2-7,9,14H2,1H3. The van der Waals surface area contributed by atoms with Crippen LogP contribution in [0.1, 0.15) is 44.7 Å². The highest BCUT2D eigenvalue weighted by atomic mass is 16.5. The van der Waals surface area contributed by atoms with Crippen LogP contribution in [0.2, 0.25) is 0 Å². The van der Waals surface area contributed by atoms with Gasteiger partial charge in [-0.3, -0.25) is 4.79 Å². The molecule has 1 saturated carbocycles. The molecule has 0 bridgehead atoms. The average Bonchev–Trinajstić information content (AvgIpc) is 2.87. The zero-order chi connectivity index (χ0) is 13.7. The van der Waals surface area contributed by atoms with Gasteiger partial charge in [-0.05, 0) is 31.6 Å². The van der Waals surface area contributed by atoms with Crippen LogP contribution in [-0.2, 0) is 22.6 Å². The lowest BCUT2D eigenvalue weighted by atomic mass is 9.85. The maximum absolute atomic E-state index is 11.9. The monoisotopic (exact) mass is 266 g/mol. The predicted molar refractivity (Wildman–Crippen MR) is 70.0 cm³/mol. The second kappa shape index (κ2) is 6.65. The van der Waals surface area contributed by atoms with Crippen LogP contribution in [-0.4, -0.2) is 27.1 Å². The molecule has 1 aromatic heterocycles. The average molecular weight is 266 g/mol. The molecule has 1 heterocycles. The molecule has 0 radical (unpaired) electrons. The Morgan fingerprint density at radius 1 is 1.53 bits per heavy atom. The summed E-state index contributed by atoms with van der Waals surface area (Å²) in [5.74, 6) is 0.270. The van der Waals surface area contributed by atoms with Gasteiger partial charge in [0.2, 0.25) is 0 Å². The van der Waals surface area contributed by atoms with E-state index in [2.05, 4.69) is 17.2 Å². The lowest BCUT2D eigenvalue weighted by Gasteiger charge is -2.30. The van der Waals surface area contributed by atoms with Gasteiger partial charge < -0.3 is 10.5 Å². The minimum atomic E-state index is -0.237. The molecule has 2 N–H and O–H groups in total. The second-order valence-electron chi connectivity index (χ2n) is 5.09. The molecule has 2 atom stereocenters. The van der Waals surface area contributed by atoms with Gasteiger partial charge in [-0.25, -0.2) is 4.68 Å². The number of esters is 1. The molecule has 0 aromatic carbocycles. The van der Waals surface area contributed by atoms with Gasteiger partial charge in [-0.15, -0.1) is 5.10 Å². The van der Waals surface area contributed by atoms with Crippen molar-refractivity contribution in [1.82, 2.24) is 15.0 Å². The third kappa shape index (κ3) is 3.76. The number of carbonyl (C=O) groups is 1. The van der Waals surface area contributed by atoms with Gasteiger partial charge in [0.25, 0.3) is 0 Å². The Labute approximate surface area is 113 Å². The highest BCUT2D eigenvalue weighted by molar-refractivity contribution is 5.69. The first-order valence-electron chi connectivity index (χ1n) is 7.01. The predicted octanol–water partition coefficient (Wildman–Crippen LogP) is 1.25. The van der Waals surface area contributed by atoms with Gasteiger partial charge in [0.15, 0.2) is 0 Å². The molecule has 1 aromatic rings. The van der Waals surface area contributed by atoms with Crippen molar-refractivity contribution < 1.29 is 9.53 Å². The highest BCUT2D eigenvalue weighted by Crippen LogP contribution is 2.29. The summed E-state index contributed by atoms with van der Waals surface area (Å²) in [6.45, 7) is 2.59. The molecule has 1 fully saturated rings. The van der Waals surface area contributed by atoms with Gasteiger partial charge in [-0.2, -0.15) is 0 Å². The molecule has 0 aliphatic heterocycles. The first-order chi connectivity index (χ1) is 9.22. The Kier molecular flexibility index (Phi) is 4.90. The molecule has 0 amide bonds. The van der Waals surface area contributed by atoms with Crippen LogP contribution in [0.15, 0.2) is 6.20 Å². The minimum absolute atomic E-state index is 0.0729. The molecule has 1 aliphatic rings. The van der Waals surface area contributed by atoms with Crippen molar-refractivity contribution in [2.75, 3.05) is 0 Å². The first kappa shape index (κ1) is 14.0. The molecule has 6 heteroatoms. The van der Waals surface area contributed by atoms with Crippen LogP contribution in [0, 0.1) is 5.92 Å². The quantitative estimate of drug-likeness (QED) is 0.811. The molecule has 19 heavy (non-hydrogen) atoms. The molecule has 0 spiro atoms. The van der Waals surface area contributed by atoms with Gasteiger partial charge >= 0.3 is 5.97 Å². The third-order valence-electron chi connectivity index (χ3n) is 3.73. The van der Waals surface area contributed by atoms with E-state index in [1.54, 1.807) is 6.20 Å². The van der Waals surface area contributed by atoms with Gasteiger partial charge in [0.05, 0.1) is 11.9 Å². The summed E-state index contributed by atoms with van der Waals surface area (Å²) in [5.41, 5.74) is 6.13. The number of nitrogens with zero attached hydrogens (tertiary/aromatic N) is 3. The number of rotatable bonds is 5. The van der Waals surface area contributed by atoms with Crippen molar-refractivity contribution in [2.24, 2.45) is 11.7 Å². The Morgan fingerprint density at radius 3 is 3.00 bits per heavy atom. The summed E-state index contributed by atoms with van der Waals surface area (Å²) in [6, 6.07) is 0. The van der Waals surface area contributed by atoms with Crippen molar-refractivity contribution in [3.8, 4) is 0 Å². The summed E-state index contributed by atoms with van der Waals surface area (Å²) in [7, 11) is 0. The fraction of sp³-hybridized carbons (Fsp3) is 0.769. The van der Waals surface area contributed by atoms with Gasteiger partial charge in [0, 0.05) is 6.54 Å². The van der Waals surface area contributed by atoms with Crippen molar-refractivity contribution in [1.29, 1.82) is 0 Å². The molecule has 2 unspecified atom stereocenters. The maximum Gasteiger partial charge on any atom is 0.328 e. The van der Waals surface area contributed by atoms with Crippen molar-refractivity contribution in [3.05, 3.63) is 11.9 Å². The molecule has 106 valence electrons. The summed E-state index contributed by atoms with van der Waals surface area (Å²) < 4.78 is 7.06. The topological polar surface area (TPSA) is 83.0 Å². The molecular formula is C13H22N4O2. The molecule has 6 nitrogen and oxygen atoms in total. The van der Waals surface area contributed by atoms with E-state index in [1.165, 1.54) is 11.1 Å². The number of nitrogens with two attached hydrogens (primary N) is 1.